The Labute approximate surface area is 112 Å². The molecule has 2 aromatic heterocycles. The van der Waals surface area contributed by atoms with Crippen molar-refractivity contribution in [2.24, 2.45) is 0 Å². The Morgan fingerprint density at radius 3 is 2.95 bits per heavy atom. The lowest BCUT2D eigenvalue weighted by Gasteiger charge is -2.24. The molecule has 2 rings (SSSR count). The average Bonchev–Trinajstić information content (AvgIpc) is 2.82. The Morgan fingerprint density at radius 1 is 1.47 bits per heavy atom. The minimum Gasteiger partial charge on any atom is -0.313 e. The first-order valence-electron chi connectivity index (χ1n) is 6.36. The van der Waals surface area contributed by atoms with Gasteiger partial charge in [0.1, 0.15) is 0 Å². The van der Waals surface area contributed by atoms with Gasteiger partial charge in [0.25, 0.3) is 0 Å². The van der Waals surface area contributed by atoms with E-state index in [1.54, 1.807) is 35.6 Å². The van der Waals surface area contributed by atoms with Crippen molar-refractivity contribution < 1.29 is 0 Å². The number of nitrogens with one attached hydrogen (secondary N) is 1. The van der Waals surface area contributed by atoms with Crippen LogP contribution < -0.4 is 5.69 Å². The molecule has 0 radical (unpaired) electrons. The predicted octanol–water partition coefficient (Wildman–Crippen LogP) is 0.529. The maximum absolute atomic E-state index is 11.4. The number of hydrogen-bond acceptors (Lipinski definition) is 4. The van der Waals surface area contributed by atoms with Crippen molar-refractivity contribution in [1.29, 1.82) is 0 Å². The van der Waals surface area contributed by atoms with Gasteiger partial charge in [0.05, 0.1) is 5.69 Å². The zero-order valence-corrected chi connectivity index (χ0v) is 11.3. The highest BCUT2D eigenvalue weighted by molar-refractivity contribution is 4.97. The van der Waals surface area contributed by atoms with Gasteiger partial charge in [0.2, 0.25) is 0 Å². The van der Waals surface area contributed by atoms with Crippen molar-refractivity contribution in [3.63, 3.8) is 0 Å². The summed E-state index contributed by atoms with van der Waals surface area (Å²) in [6.45, 7) is 3.65. The molecule has 0 spiro atoms. The third-order valence-corrected chi connectivity index (χ3v) is 3.29. The van der Waals surface area contributed by atoms with E-state index in [-0.39, 0.29) is 5.69 Å². The monoisotopic (exact) mass is 261 g/mol. The van der Waals surface area contributed by atoms with Crippen molar-refractivity contribution in [2.45, 2.75) is 25.9 Å². The van der Waals surface area contributed by atoms with Gasteiger partial charge in [-0.1, -0.05) is 0 Å². The number of likely N-dealkylation sites (N-methyl/N-ethyl adjacent to an activating group) is 1. The standard InChI is InChI=1S/C13H19N5O/c1-11(9-12-10-14-3-4-15-12)17(2)7-8-18-6-5-16-13(18)19/h3-6,10-11H,7-9H2,1-2H3,(H,16,19)/t11-/m1/s1. The molecule has 2 aromatic rings. The van der Waals surface area contributed by atoms with Crippen LogP contribution in [0.1, 0.15) is 12.6 Å². The van der Waals surface area contributed by atoms with E-state index in [4.69, 9.17) is 0 Å². The van der Waals surface area contributed by atoms with Crippen LogP contribution in [0.3, 0.4) is 0 Å². The van der Waals surface area contributed by atoms with Crippen LogP contribution in [0.5, 0.6) is 0 Å². The van der Waals surface area contributed by atoms with Crippen LogP contribution in [0.15, 0.2) is 35.8 Å². The summed E-state index contributed by atoms with van der Waals surface area (Å²) >= 11 is 0. The summed E-state index contributed by atoms with van der Waals surface area (Å²) in [5.41, 5.74) is 0.927. The van der Waals surface area contributed by atoms with Crippen molar-refractivity contribution in [1.82, 2.24) is 24.4 Å². The molecule has 0 aliphatic heterocycles. The number of nitrogens with zero attached hydrogens (tertiary/aromatic N) is 4. The fourth-order valence-corrected chi connectivity index (χ4v) is 1.90. The third-order valence-electron chi connectivity index (χ3n) is 3.29. The van der Waals surface area contributed by atoms with E-state index < -0.39 is 0 Å². The molecule has 0 fully saturated rings. The molecular weight excluding hydrogens is 242 g/mol. The fourth-order valence-electron chi connectivity index (χ4n) is 1.90. The highest BCUT2D eigenvalue weighted by Crippen LogP contribution is 2.03. The molecule has 0 aliphatic carbocycles. The molecule has 0 aromatic carbocycles. The number of imidazole rings is 1. The van der Waals surface area contributed by atoms with Crippen LogP contribution in [0.25, 0.3) is 0 Å². The molecule has 1 N–H and O–H groups in total. The summed E-state index contributed by atoms with van der Waals surface area (Å²) < 4.78 is 1.67. The summed E-state index contributed by atoms with van der Waals surface area (Å²) in [7, 11) is 2.05. The van der Waals surface area contributed by atoms with Crippen molar-refractivity contribution >= 4 is 0 Å². The zero-order valence-electron chi connectivity index (χ0n) is 11.3. The summed E-state index contributed by atoms with van der Waals surface area (Å²) in [5, 5.41) is 0. The topological polar surface area (TPSA) is 66.8 Å². The molecule has 0 saturated heterocycles. The van der Waals surface area contributed by atoms with E-state index >= 15 is 0 Å². The smallest absolute Gasteiger partial charge is 0.313 e. The van der Waals surface area contributed by atoms with E-state index in [0.29, 0.717) is 12.6 Å². The third kappa shape index (κ3) is 3.75. The van der Waals surface area contributed by atoms with Crippen LogP contribution in [0.2, 0.25) is 0 Å². The van der Waals surface area contributed by atoms with Gasteiger partial charge in [-0.2, -0.15) is 0 Å². The maximum Gasteiger partial charge on any atom is 0.325 e. The summed E-state index contributed by atoms with van der Waals surface area (Å²) in [6, 6.07) is 0.353. The minimum absolute atomic E-state index is 0.0602. The number of H-pyrrole nitrogens is 1. The van der Waals surface area contributed by atoms with Crippen LogP contribution in [0, 0.1) is 0 Å². The highest BCUT2D eigenvalue weighted by atomic mass is 16.1. The molecule has 19 heavy (non-hydrogen) atoms. The first-order chi connectivity index (χ1) is 9.16. The highest BCUT2D eigenvalue weighted by Gasteiger charge is 2.11. The second kappa shape index (κ2) is 6.29. The van der Waals surface area contributed by atoms with Crippen molar-refractivity contribution in [3.8, 4) is 0 Å². The first kappa shape index (κ1) is 13.5. The molecule has 0 aliphatic rings. The van der Waals surface area contributed by atoms with Crippen molar-refractivity contribution in [3.05, 3.63) is 47.2 Å². The first-order valence-corrected chi connectivity index (χ1v) is 6.36. The van der Waals surface area contributed by atoms with E-state index in [0.717, 1.165) is 18.7 Å². The summed E-state index contributed by atoms with van der Waals surface area (Å²) in [6.07, 6.45) is 9.46. The van der Waals surface area contributed by atoms with Crippen LogP contribution in [0.4, 0.5) is 0 Å². The second-order valence-corrected chi connectivity index (χ2v) is 4.69. The summed E-state index contributed by atoms with van der Waals surface area (Å²) in [4.78, 5) is 24.6. The van der Waals surface area contributed by atoms with E-state index in [1.165, 1.54) is 0 Å². The molecule has 0 amide bonds. The van der Waals surface area contributed by atoms with Crippen LogP contribution in [-0.4, -0.2) is 44.1 Å². The Kier molecular flexibility index (Phi) is 4.46. The Morgan fingerprint density at radius 2 is 2.32 bits per heavy atom. The largest absolute Gasteiger partial charge is 0.325 e. The van der Waals surface area contributed by atoms with E-state index in [2.05, 4.69) is 33.8 Å². The molecule has 2 heterocycles. The lowest BCUT2D eigenvalue weighted by Crippen LogP contribution is -2.35. The van der Waals surface area contributed by atoms with Crippen LogP contribution >= 0.6 is 0 Å². The quantitative estimate of drug-likeness (QED) is 0.823. The molecule has 6 nitrogen and oxygen atoms in total. The maximum atomic E-state index is 11.4. The minimum atomic E-state index is -0.0602. The van der Waals surface area contributed by atoms with Gasteiger partial charge in [0.15, 0.2) is 0 Å². The number of hydrogen-bond donors (Lipinski definition) is 1. The Balaban J connectivity index is 1.84. The predicted molar refractivity (Wildman–Crippen MR) is 72.9 cm³/mol. The van der Waals surface area contributed by atoms with Crippen LogP contribution in [-0.2, 0) is 13.0 Å². The zero-order chi connectivity index (χ0) is 13.7. The second-order valence-electron chi connectivity index (χ2n) is 4.69. The van der Waals surface area contributed by atoms with Crippen molar-refractivity contribution in [2.75, 3.05) is 13.6 Å². The van der Waals surface area contributed by atoms with E-state index in [1.807, 2.05) is 0 Å². The van der Waals surface area contributed by atoms with Gasteiger partial charge < -0.3 is 9.88 Å². The van der Waals surface area contributed by atoms with Gasteiger partial charge in [-0.3, -0.25) is 14.5 Å². The lowest BCUT2D eigenvalue weighted by atomic mass is 10.1. The lowest BCUT2D eigenvalue weighted by molar-refractivity contribution is 0.244. The number of aromatic amines is 1. The van der Waals surface area contributed by atoms with Gasteiger partial charge in [0, 0.05) is 56.5 Å². The van der Waals surface area contributed by atoms with Gasteiger partial charge in [-0.15, -0.1) is 0 Å². The van der Waals surface area contributed by atoms with Gasteiger partial charge >= 0.3 is 5.69 Å². The molecule has 0 bridgehead atoms. The van der Waals surface area contributed by atoms with E-state index in [9.17, 15) is 4.79 Å². The molecule has 1 atom stereocenters. The Hall–Kier alpha value is -1.95. The molecule has 6 heteroatoms. The molecule has 0 unspecified atom stereocenters. The number of rotatable bonds is 6. The molecule has 102 valence electrons. The average molecular weight is 261 g/mol. The van der Waals surface area contributed by atoms with Gasteiger partial charge in [-0.05, 0) is 14.0 Å². The molecular formula is C13H19N5O. The SMILES string of the molecule is C[C@H](Cc1cnccn1)N(C)CCn1cc[nH]c1=O. The normalized spacial score (nSPS) is 12.8. The number of aromatic nitrogens is 4. The summed E-state index contributed by atoms with van der Waals surface area (Å²) in [5.74, 6) is 0. The fraction of sp³-hybridized carbons (Fsp3) is 0.462. The molecule has 0 saturated carbocycles. The Bertz CT molecular complexity index is 547. The van der Waals surface area contributed by atoms with Gasteiger partial charge in [-0.25, -0.2) is 4.79 Å².